The molecular formula is C16H23NO4Si. The molecule has 1 aromatic carbocycles. The summed E-state index contributed by atoms with van der Waals surface area (Å²) >= 11 is 0. The fraction of sp³-hybridized carbons (Fsp3) is 0.438. The molecule has 0 aliphatic carbocycles. The second-order valence-electron chi connectivity index (χ2n) is 6.30. The molecule has 1 aromatic heterocycles. The average molecular weight is 321 g/mol. The third kappa shape index (κ3) is 2.58. The van der Waals surface area contributed by atoms with Crippen LogP contribution in [0.15, 0.2) is 12.3 Å². The molecule has 0 atom stereocenters. The van der Waals surface area contributed by atoms with Crippen LogP contribution in [0.4, 0.5) is 0 Å². The van der Waals surface area contributed by atoms with Gasteiger partial charge in [0, 0.05) is 30.7 Å². The van der Waals surface area contributed by atoms with Crippen LogP contribution in [0.2, 0.25) is 19.6 Å². The molecule has 5 nitrogen and oxygen atoms in total. The molecule has 0 unspecified atom stereocenters. The summed E-state index contributed by atoms with van der Waals surface area (Å²) in [6.45, 7) is 7.98. The summed E-state index contributed by atoms with van der Waals surface area (Å²) in [7, 11) is 3.32. The molecule has 2 aromatic rings. The number of aryl methyl sites for hydroxylation is 1. The maximum Gasteiger partial charge on any atom is 0.308 e. The van der Waals surface area contributed by atoms with Gasteiger partial charge in [-0.1, -0.05) is 19.6 Å². The Bertz CT molecular complexity index is 728. The number of carbonyl (C=O) groups excluding carboxylic acids is 1. The molecule has 1 heterocycles. The first-order chi connectivity index (χ1) is 10.2. The number of fused-ring (bicyclic) bond motifs is 1. The van der Waals surface area contributed by atoms with Gasteiger partial charge < -0.3 is 18.8 Å². The lowest BCUT2D eigenvalue weighted by Gasteiger charge is -2.25. The molecule has 22 heavy (non-hydrogen) atoms. The summed E-state index contributed by atoms with van der Waals surface area (Å²) < 4.78 is 18.8. The number of benzene rings is 1. The van der Waals surface area contributed by atoms with Crippen molar-refractivity contribution in [3.8, 4) is 17.2 Å². The molecule has 6 heteroatoms. The van der Waals surface area contributed by atoms with Gasteiger partial charge in [0.2, 0.25) is 0 Å². The van der Waals surface area contributed by atoms with Crippen LogP contribution in [-0.2, 0) is 11.8 Å². The molecule has 120 valence electrons. The highest BCUT2D eigenvalue weighted by Gasteiger charge is 2.33. The molecule has 0 spiro atoms. The van der Waals surface area contributed by atoms with Crippen LogP contribution in [0.5, 0.6) is 17.2 Å². The molecule has 0 amide bonds. The van der Waals surface area contributed by atoms with Gasteiger partial charge in [0.25, 0.3) is 0 Å². The molecule has 0 bridgehead atoms. The minimum atomic E-state index is -1.86. The maximum absolute atomic E-state index is 11.6. The van der Waals surface area contributed by atoms with Gasteiger partial charge in [0.1, 0.15) is 5.75 Å². The standard InChI is InChI=1S/C16H23NO4Si/c1-10(18)21-13-11-8-9-17(2)12(11)14(19-3)15(20-4)16(13)22(5,6)7/h8-9H,1-7H3. The van der Waals surface area contributed by atoms with Gasteiger partial charge in [-0.25, -0.2) is 0 Å². The average Bonchev–Trinajstić information content (AvgIpc) is 2.78. The van der Waals surface area contributed by atoms with Gasteiger partial charge in [0.05, 0.1) is 27.8 Å². The summed E-state index contributed by atoms with van der Waals surface area (Å²) in [6, 6.07) is 1.94. The highest BCUT2D eigenvalue weighted by atomic mass is 28.3. The predicted octanol–water partition coefficient (Wildman–Crippen LogP) is 2.67. The van der Waals surface area contributed by atoms with Crippen molar-refractivity contribution >= 4 is 30.1 Å². The van der Waals surface area contributed by atoms with E-state index in [1.807, 2.05) is 23.9 Å². The molecule has 0 radical (unpaired) electrons. The van der Waals surface area contributed by atoms with Crippen molar-refractivity contribution in [1.82, 2.24) is 4.57 Å². The summed E-state index contributed by atoms with van der Waals surface area (Å²) in [5.41, 5.74) is 0.859. The van der Waals surface area contributed by atoms with Gasteiger partial charge in [-0.3, -0.25) is 4.79 Å². The van der Waals surface area contributed by atoms with E-state index in [0.29, 0.717) is 17.2 Å². The van der Waals surface area contributed by atoms with Crippen LogP contribution in [0, 0.1) is 0 Å². The molecule has 0 N–H and O–H groups in total. The second-order valence-corrected chi connectivity index (χ2v) is 11.3. The van der Waals surface area contributed by atoms with Gasteiger partial charge >= 0.3 is 5.97 Å². The fourth-order valence-corrected chi connectivity index (χ4v) is 4.53. The largest absolute Gasteiger partial charge is 0.493 e. The van der Waals surface area contributed by atoms with Gasteiger partial charge in [-0.05, 0) is 6.07 Å². The third-order valence-electron chi connectivity index (χ3n) is 3.60. The molecule has 0 aliphatic rings. The number of hydrogen-bond donors (Lipinski definition) is 0. The summed E-state index contributed by atoms with van der Waals surface area (Å²) in [6.07, 6.45) is 1.92. The van der Waals surface area contributed by atoms with Crippen LogP contribution in [0.1, 0.15) is 6.92 Å². The zero-order valence-corrected chi connectivity index (χ0v) is 15.2. The van der Waals surface area contributed by atoms with E-state index in [1.165, 1.54) is 6.92 Å². The Balaban J connectivity index is 3.02. The van der Waals surface area contributed by atoms with Gasteiger partial charge in [-0.15, -0.1) is 0 Å². The molecule has 0 fully saturated rings. The quantitative estimate of drug-likeness (QED) is 0.493. The summed E-state index contributed by atoms with van der Waals surface area (Å²) in [4.78, 5) is 11.6. The monoisotopic (exact) mass is 321 g/mol. The molecule has 0 saturated heterocycles. The van der Waals surface area contributed by atoms with E-state index in [1.54, 1.807) is 14.2 Å². The first kappa shape index (κ1) is 16.4. The van der Waals surface area contributed by atoms with Crippen LogP contribution < -0.4 is 19.4 Å². The molecule has 0 aliphatic heterocycles. The normalized spacial score (nSPS) is 11.6. The van der Waals surface area contributed by atoms with Crippen LogP contribution in [-0.4, -0.2) is 32.8 Å². The fourth-order valence-electron chi connectivity index (χ4n) is 2.77. The smallest absolute Gasteiger partial charge is 0.308 e. The van der Waals surface area contributed by atoms with Crippen LogP contribution in [0.3, 0.4) is 0 Å². The zero-order chi connectivity index (χ0) is 16.7. The third-order valence-corrected chi connectivity index (χ3v) is 5.55. The van der Waals surface area contributed by atoms with Crippen molar-refractivity contribution in [1.29, 1.82) is 0 Å². The molecule has 0 saturated carbocycles. The number of carbonyl (C=O) groups is 1. The van der Waals surface area contributed by atoms with E-state index in [0.717, 1.165) is 16.1 Å². The number of esters is 1. The highest BCUT2D eigenvalue weighted by molar-refractivity contribution is 6.90. The summed E-state index contributed by atoms with van der Waals surface area (Å²) in [5, 5.41) is 1.83. The minimum Gasteiger partial charge on any atom is -0.493 e. The van der Waals surface area contributed by atoms with E-state index < -0.39 is 8.07 Å². The molecular weight excluding hydrogens is 298 g/mol. The zero-order valence-electron chi connectivity index (χ0n) is 14.2. The van der Waals surface area contributed by atoms with E-state index in [-0.39, 0.29) is 5.97 Å². The number of aromatic nitrogens is 1. The Morgan fingerprint density at radius 2 is 1.68 bits per heavy atom. The Labute approximate surface area is 131 Å². The van der Waals surface area contributed by atoms with Gasteiger partial charge in [-0.2, -0.15) is 0 Å². The van der Waals surface area contributed by atoms with Crippen molar-refractivity contribution in [2.24, 2.45) is 7.05 Å². The second kappa shape index (κ2) is 5.68. The van der Waals surface area contributed by atoms with Crippen LogP contribution >= 0.6 is 0 Å². The lowest BCUT2D eigenvalue weighted by Crippen LogP contribution is -2.40. The van der Waals surface area contributed by atoms with E-state index in [4.69, 9.17) is 14.2 Å². The predicted molar refractivity (Wildman–Crippen MR) is 90.3 cm³/mol. The van der Waals surface area contributed by atoms with Gasteiger partial charge in [0.15, 0.2) is 11.5 Å². The number of nitrogens with zero attached hydrogens (tertiary/aromatic N) is 1. The summed E-state index contributed by atoms with van der Waals surface area (Å²) in [5.74, 6) is 1.60. The molecule has 2 rings (SSSR count). The Hall–Kier alpha value is -1.95. The first-order valence-electron chi connectivity index (χ1n) is 7.14. The number of rotatable bonds is 4. The lowest BCUT2D eigenvalue weighted by atomic mass is 10.2. The SMILES string of the molecule is COc1c([Si](C)(C)C)c(OC(C)=O)c2ccn(C)c2c1OC. The van der Waals surface area contributed by atoms with Crippen molar-refractivity contribution < 1.29 is 19.0 Å². The van der Waals surface area contributed by atoms with E-state index in [9.17, 15) is 4.79 Å². The Kier molecular flexibility index (Phi) is 4.24. The van der Waals surface area contributed by atoms with E-state index in [2.05, 4.69) is 19.6 Å². The number of hydrogen-bond acceptors (Lipinski definition) is 4. The lowest BCUT2D eigenvalue weighted by molar-refractivity contribution is -0.131. The van der Waals surface area contributed by atoms with E-state index >= 15 is 0 Å². The number of methoxy groups -OCH3 is 2. The topological polar surface area (TPSA) is 49.7 Å². The van der Waals surface area contributed by atoms with Crippen molar-refractivity contribution in [3.63, 3.8) is 0 Å². The van der Waals surface area contributed by atoms with Crippen molar-refractivity contribution in [2.45, 2.75) is 26.6 Å². The Morgan fingerprint density at radius 1 is 1.09 bits per heavy atom. The maximum atomic E-state index is 11.6. The number of ether oxygens (including phenoxy) is 3. The first-order valence-corrected chi connectivity index (χ1v) is 10.6. The highest BCUT2D eigenvalue weighted by Crippen LogP contribution is 2.41. The Morgan fingerprint density at radius 3 is 2.14 bits per heavy atom. The van der Waals surface area contributed by atoms with Crippen molar-refractivity contribution in [2.75, 3.05) is 14.2 Å². The minimum absolute atomic E-state index is 0.336. The van der Waals surface area contributed by atoms with Crippen LogP contribution in [0.25, 0.3) is 10.9 Å². The van der Waals surface area contributed by atoms with Crippen molar-refractivity contribution in [3.05, 3.63) is 12.3 Å².